The van der Waals surface area contributed by atoms with Gasteiger partial charge in [0.25, 0.3) is 0 Å². The first-order valence-corrected chi connectivity index (χ1v) is 7.21. The fraction of sp³-hybridized carbons (Fsp3) is 0.333. The molecule has 0 amide bonds. The highest BCUT2D eigenvalue weighted by Gasteiger charge is 2.04. The number of methoxy groups -OCH3 is 2. The average molecular weight is 285 g/mol. The maximum atomic E-state index is 5.25. The quantitative estimate of drug-likeness (QED) is 0.803. The zero-order valence-electron chi connectivity index (χ0n) is 12.8. The smallest absolute Gasteiger partial charge is 0.0716 e. The Morgan fingerprint density at radius 1 is 0.810 bits per heavy atom. The number of ether oxygens (including phenoxy) is 2. The van der Waals surface area contributed by atoms with Crippen LogP contribution in [0.25, 0.3) is 0 Å². The van der Waals surface area contributed by atoms with Crippen LogP contribution in [0, 0.1) is 0 Å². The van der Waals surface area contributed by atoms with Gasteiger partial charge in [-0.2, -0.15) is 0 Å². The summed E-state index contributed by atoms with van der Waals surface area (Å²) in [6, 6.07) is 16.7. The maximum absolute atomic E-state index is 5.25. The second-order valence-corrected chi connectivity index (χ2v) is 4.96. The molecular weight excluding hydrogens is 262 g/mol. The summed E-state index contributed by atoms with van der Waals surface area (Å²) in [7, 11) is 3.46. The summed E-state index contributed by atoms with van der Waals surface area (Å²) in [5.41, 5.74) is 4.94. The van der Waals surface area contributed by atoms with Crippen molar-refractivity contribution in [2.75, 3.05) is 26.1 Å². The van der Waals surface area contributed by atoms with Crippen LogP contribution in [-0.2, 0) is 29.0 Å². The zero-order valence-corrected chi connectivity index (χ0v) is 12.8. The molecule has 0 saturated heterocycles. The molecule has 0 aromatic heterocycles. The predicted molar refractivity (Wildman–Crippen MR) is 86.5 cm³/mol. The maximum Gasteiger partial charge on any atom is 0.0716 e. The van der Waals surface area contributed by atoms with Crippen LogP contribution >= 0.6 is 0 Å². The normalized spacial score (nSPS) is 10.6. The molecule has 2 rings (SSSR count). The summed E-state index contributed by atoms with van der Waals surface area (Å²) in [5, 5.41) is 3.53. The monoisotopic (exact) mass is 285 g/mol. The number of anilines is 1. The molecule has 0 radical (unpaired) electrons. The molecule has 112 valence electrons. The lowest BCUT2D eigenvalue weighted by atomic mass is 10.1. The van der Waals surface area contributed by atoms with E-state index in [2.05, 4.69) is 47.8 Å². The van der Waals surface area contributed by atoms with Crippen molar-refractivity contribution >= 4 is 5.69 Å². The topological polar surface area (TPSA) is 30.5 Å². The van der Waals surface area contributed by atoms with Crippen molar-refractivity contribution < 1.29 is 9.47 Å². The Balaban J connectivity index is 2.06. The summed E-state index contributed by atoms with van der Waals surface area (Å²) < 4.78 is 10.4. The number of benzene rings is 2. The van der Waals surface area contributed by atoms with Gasteiger partial charge in [0.2, 0.25) is 0 Å². The number of hydrogen-bond donors (Lipinski definition) is 1. The Bertz CT molecular complexity index is 554. The Labute approximate surface area is 126 Å². The van der Waals surface area contributed by atoms with Crippen LogP contribution in [-0.4, -0.2) is 20.8 Å². The molecule has 21 heavy (non-hydrogen) atoms. The van der Waals surface area contributed by atoms with Gasteiger partial charge >= 0.3 is 0 Å². The van der Waals surface area contributed by atoms with Crippen LogP contribution < -0.4 is 5.32 Å². The fourth-order valence-electron chi connectivity index (χ4n) is 2.34. The molecule has 2 aromatic carbocycles. The Kier molecular flexibility index (Phi) is 6.25. The molecule has 0 aliphatic carbocycles. The van der Waals surface area contributed by atoms with E-state index in [-0.39, 0.29) is 0 Å². The van der Waals surface area contributed by atoms with Crippen LogP contribution in [0.15, 0.2) is 48.5 Å². The van der Waals surface area contributed by atoms with Gasteiger partial charge in [0.05, 0.1) is 13.2 Å². The Hall–Kier alpha value is -1.84. The molecule has 1 N–H and O–H groups in total. The lowest BCUT2D eigenvalue weighted by Gasteiger charge is -2.14. The van der Waals surface area contributed by atoms with Gasteiger partial charge in [0.1, 0.15) is 0 Å². The van der Waals surface area contributed by atoms with E-state index < -0.39 is 0 Å². The van der Waals surface area contributed by atoms with Crippen LogP contribution in [0.1, 0.15) is 16.7 Å². The van der Waals surface area contributed by atoms with Crippen molar-refractivity contribution in [1.29, 1.82) is 0 Å². The Morgan fingerprint density at radius 3 is 2.19 bits per heavy atom. The minimum absolute atomic E-state index is 0.642. The van der Waals surface area contributed by atoms with E-state index in [4.69, 9.17) is 9.47 Å². The van der Waals surface area contributed by atoms with Crippen molar-refractivity contribution in [3.63, 3.8) is 0 Å². The third kappa shape index (κ3) is 4.59. The number of hydrogen-bond acceptors (Lipinski definition) is 3. The van der Waals surface area contributed by atoms with Crippen LogP contribution in [0.4, 0.5) is 5.69 Å². The number of para-hydroxylation sites is 1. The standard InChI is InChI=1S/C18H23NO2/c1-20-12-11-15-7-5-6-10-18(15)19-13-16-8-3-4-9-17(16)14-21-2/h3-10,19H,11-14H2,1-2H3. The van der Waals surface area contributed by atoms with E-state index in [0.29, 0.717) is 6.61 Å². The minimum atomic E-state index is 0.642. The van der Waals surface area contributed by atoms with Gasteiger partial charge in [-0.3, -0.25) is 0 Å². The Morgan fingerprint density at radius 2 is 1.48 bits per heavy atom. The predicted octanol–water partition coefficient (Wildman–Crippen LogP) is 3.63. The molecule has 2 aromatic rings. The second-order valence-electron chi connectivity index (χ2n) is 4.96. The van der Waals surface area contributed by atoms with Gasteiger partial charge in [-0.05, 0) is 29.2 Å². The lowest BCUT2D eigenvalue weighted by Crippen LogP contribution is -2.06. The molecule has 0 fully saturated rings. The molecule has 0 unspecified atom stereocenters. The van der Waals surface area contributed by atoms with E-state index in [9.17, 15) is 0 Å². The molecule has 0 aliphatic heterocycles. The molecule has 0 spiro atoms. The molecular formula is C18H23NO2. The highest BCUT2D eigenvalue weighted by atomic mass is 16.5. The SMILES string of the molecule is COCCc1ccccc1NCc1ccccc1COC. The molecule has 0 heterocycles. The van der Waals surface area contributed by atoms with Crippen molar-refractivity contribution in [2.45, 2.75) is 19.6 Å². The van der Waals surface area contributed by atoms with Gasteiger partial charge in [0, 0.05) is 26.5 Å². The number of nitrogens with one attached hydrogen (secondary N) is 1. The van der Waals surface area contributed by atoms with Crippen LogP contribution in [0.3, 0.4) is 0 Å². The van der Waals surface area contributed by atoms with E-state index in [1.807, 2.05) is 6.07 Å². The van der Waals surface area contributed by atoms with E-state index in [0.717, 1.165) is 19.6 Å². The molecule has 0 aliphatic rings. The van der Waals surface area contributed by atoms with E-state index in [1.165, 1.54) is 22.4 Å². The van der Waals surface area contributed by atoms with Gasteiger partial charge < -0.3 is 14.8 Å². The molecule has 0 saturated carbocycles. The third-order valence-corrected chi connectivity index (χ3v) is 3.48. The summed E-state index contributed by atoms with van der Waals surface area (Å²) in [6.07, 6.45) is 0.916. The van der Waals surface area contributed by atoms with Gasteiger partial charge in [-0.15, -0.1) is 0 Å². The second kappa shape index (κ2) is 8.45. The first kappa shape index (κ1) is 15.5. The van der Waals surface area contributed by atoms with Crippen LogP contribution in [0.2, 0.25) is 0 Å². The summed E-state index contributed by atoms with van der Waals surface area (Å²) in [4.78, 5) is 0. The highest BCUT2D eigenvalue weighted by Crippen LogP contribution is 2.18. The summed E-state index contributed by atoms with van der Waals surface area (Å²) >= 11 is 0. The molecule has 3 heteroatoms. The molecule has 3 nitrogen and oxygen atoms in total. The zero-order chi connectivity index (χ0) is 14.9. The third-order valence-electron chi connectivity index (χ3n) is 3.48. The summed E-state index contributed by atoms with van der Waals surface area (Å²) in [5.74, 6) is 0. The van der Waals surface area contributed by atoms with Gasteiger partial charge in [-0.25, -0.2) is 0 Å². The van der Waals surface area contributed by atoms with E-state index in [1.54, 1.807) is 14.2 Å². The van der Waals surface area contributed by atoms with Crippen LogP contribution in [0.5, 0.6) is 0 Å². The molecule has 0 bridgehead atoms. The average Bonchev–Trinajstić information content (AvgIpc) is 2.53. The minimum Gasteiger partial charge on any atom is -0.384 e. The largest absolute Gasteiger partial charge is 0.384 e. The highest BCUT2D eigenvalue weighted by molar-refractivity contribution is 5.51. The molecule has 0 atom stereocenters. The number of rotatable bonds is 8. The lowest BCUT2D eigenvalue weighted by molar-refractivity contribution is 0.184. The van der Waals surface area contributed by atoms with Crippen molar-refractivity contribution in [3.8, 4) is 0 Å². The fourth-order valence-corrected chi connectivity index (χ4v) is 2.34. The summed E-state index contributed by atoms with van der Waals surface area (Å²) in [6.45, 7) is 2.17. The first-order chi connectivity index (χ1) is 10.3. The van der Waals surface area contributed by atoms with Crippen molar-refractivity contribution in [3.05, 3.63) is 65.2 Å². The van der Waals surface area contributed by atoms with Gasteiger partial charge in [0.15, 0.2) is 0 Å². The van der Waals surface area contributed by atoms with Crippen molar-refractivity contribution in [1.82, 2.24) is 0 Å². The van der Waals surface area contributed by atoms with Gasteiger partial charge in [-0.1, -0.05) is 42.5 Å². The first-order valence-electron chi connectivity index (χ1n) is 7.21. The van der Waals surface area contributed by atoms with E-state index >= 15 is 0 Å². The van der Waals surface area contributed by atoms with Crippen molar-refractivity contribution in [2.24, 2.45) is 0 Å².